The van der Waals surface area contributed by atoms with Crippen LogP contribution < -0.4 is 9.80 Å². The molecule has 1 fully saturated rings. The molecule has 0 bridgehead atoms. The summed E-state index contributed by atoms with van der Waals surface area (Å²) in [6, 6.07) is 6.56. The highest BCUT2D eigenvalue weighted by Gasteiger charge is 2.28. The Balaban J connectivity index is 1.60. The number of benzene rings is 1. The number of carbonyl (C=O) groups is 1. The number of ether oxygens (including phenoxy) is 1. The van der Waals surface area contributed by atoms with E-state index in [2.05, 4.69) is 12.0 Å². The second kappa shape index (κ2) is 6.48. The van der Waals surface area contributed by atoms with Crippen LogP contribution in [0, 0.1) is 11.7 Å². The van der Waals surface area contributed by atoms with Gasteiger partial charge in [0.2, 0.25) is 0 Å². The second-order valence-electron chi connectivity index (χ2n) is 6.66. The molecule has 7 heteroatoms. The van der Waals surface area contributed by atoms with Crippen LogP contribution in [-0.2, 0) is 11.3 Å². The zero-order valence-electron chi connectivity index (χ0n) is 14.2. The number of nitrogens with zero attached hydrogens (tertiary/aromatic N) is 4. The van der Waals surface area contributed by atoms with E-state index in [1.807, 2.05) is 15.6 Å². The molecule has 0 radical (unpaired) electrons. The minimum atomic E-state index is -0.369. The first-order chi connectivity index (χ1) is 12.1. The van der Waals surface area contributed by atoms with E-state index >= 15 is 0 Å². The summed E-state index contributed by atoms with van der Waals surface area (Å²) in [6.45, 7) is 5.98. The Bertz CT molecular complexity index is 785. The second-order valence-corrected chi connectivity index (χ2v) is 6.66. The minimum absolute atomic E-state index is 0.194. The molecule has 1 atom stereocenters. The van der Waals surface area contributed by atoms with Gasteiger partial charge in [0, 0.05) is 37.8 Å². The lowest BCUT2D eigenvalue weighted by Crippen LogP contribution is -2.41. The summed E-state index contributed by atoms with van der Waals surface area (Å²) in [6.07, 6.45) is 1.69. The Morgan fingerprint density at radius 3 is 2.80 bits per heavy atom. The van der Waals surface area contributed by atoms with Crippen LogP contribution in [0.15, 0.2) is 30.5 Å². The molecular formula is C18H21FN4O2. The van der Waals surface area contributed by atoms with Crippen molar-refractivity contribution >= 4 is 17.4 Å². The lowest BCUT2D eigenvalue weighted by Gasteiger charge is -2.32. The van der Waals surface area contributed by atoms with Crippen LogP contribution in [-0.4, -0.2) is 48.5 Å². The predicted octanol–water partition coefficient (Wildman–Crippen LogP) is 2.16. The summed E-state index contributed by atoms with van der Waals surface area (Å²) in [5.41, 5.74) is 0.883. The monoisotopic (exact) mass is 344 g/mol. The first-order valence-electron chi connectivity index (χ1n) is 8.59. The Morgan fingerprint density at radius 1 is 1.24 bits per heavy atom. The third kappa shape index (κ3) is 3.00. The van der Waals surface area contributed by atoms with Crippen LogP contribution in [0.2, 0.25) is 0 Å². The average molecular weight is 344 g/mol. The Labute approximate surface area is 145 Å². The Kier molecular flexibility index (Phi) is 4.17. The number of rotatable bonds is 2. The predicted molar refractivity (Wildman–Crippen MR) is 92.5 cm³/mol. The SMILES string of the molecule is CC1CN(C(=O)c2ccc(N3CCOCC3)c(F)c2)c2ccnn2C1. The smallest absolute Gasteiger partial charge is 0.259 e. The minimum Gasteiger partial charge on any atom is -0.378 e. The van der Waals surface area contributed by atoms with Crippen molar-refractivity contribution in [2.75, 3.05) is 42.6 Å². The van der Waals surface area contributed by atoms with E-state index < -0.39 is 0 Å². The van der Waals surface area contributed by atoms with E-state index in [0.29, 0.717) is 50.0 Å². The van der Waals surface area contributed by atoms with Gasteiger partial charge in [-0.25, -0.2) is 9.07 Å². The molecular weight excluding hydrogens is 323 g/mol. The number of morpholine rings is 1. The van der Waals surface area contributed by atoms with Crippen molar-refractivity contribution in [2.24, 2.45) is 5.92 Å². The summed E-state index contributed by atoms with van der Waals surface area (Å²) < 4.78 is 21.7. The molecule has 1 aromatic heterocycles. The number of aromatic nitrogens is 2. The van der Waals surface area contributed by atoms with Gasteiger partial charge in [-0.1, -0.05) is 6.92 Å². The molecule has 0 spiro atoms. The molecule has 1 aromatic carbocycles. The van der Waals surface area contributed by atoms with E-state index in [1.165, 1.54) is 6.07 Å². The zero-order chi connectivity index (χ0) is 17.4. The van der Waals surface area contributed by atoms with Crippen molar-refractivity contribution in [1.82, 2.24) is 9.78 Å². The van der Waals surface area contributed by atoms with Gasteiger partial charge in [-0.15, -0.1) is 0 Å². The number of anilines is 2. The van der Waals surface area contributed by atoms with Crippen LogP contribution in [0.25, 0.3) is 0 Å². The highest BCUT2D eigenvalue weighted by Crippen LogP contribution is 2.27. The quantitative estimate of drug-likeness (QED) is 0.838. The number of carbonyl (C=O) groups excluding carboxylic acids is 1. The van der Waals surface area contributed by atoms with Crippen molar-refractivity contribution in [1.29, 1.82) is 0 Å². The third-order valence-corrected chi connectivity index (χ3v) is 4.74. The Morgan fingerprint density at radius 2 is 2.04 bits per heavy atom. The molecule has 132 valence electrons. The average Bonchev–Trinajstić information content (AvgIpc) is 3.09. The van der Waals surface area contributed by atoms with Crippen LogP contribution in [0.1, 0.15) is 17.3 Å². The molecule has 6 nitrogen and oxygen atoms in total. The van der Waals surface area contributed by atoms with Gasteiger partial charge in [0.05, 0.1) is 25.1 Å². The number of halogens is 1. The first-order valence-corrected chi connectivity index (χ1v) is 8.59. The fourth-order valence-corrected chi connectivity index (χ4v) is 3.50. The molecule has 0 N–H and O–H groups in total. The summed E-state index contributed by atoms with van der Waals surface area (Å²) in [7, 11) is 0. The molecule has 1 unspecified atom stereocenters. The topological polar surface area (TPSA) is 50.6 Å². The maximum atomic E-state index is 14.6. The first kappa shape index (κ1) is 16.1. The van der Waals surface area contributed by atoms with Gasteiger partial charge in [-0.2, -0.15) is 5.10 Å². The van der Waals surface area contributed by atoms with Gasteiger partial charge in [-0.05, 0) is 24.1 Å². The van der Waals surface area contributed by atoms with E-state index in [-0.39, 0.29) is 11.7 Å². The molecule has 2 aromatic rings. The highest BCUT2D eigenvalue weighted by molar-refractivity contribution is 6.06. The fraction of sp³-hybridized carbons (Fsp3) is 0.444. The van der Waals surface area contributed by atoms with Crippen molar-refractivity contribution in [3.63, 3.8) is 0 Å². The van der Waals surface area contributed by atoms with E-state index in [9.17, 15) is 9.18 Å². The van der Waals surface area contributed by atoms with Crippen LogP contribution in [0.5, 0.6) is 0 Å². The number of hydrogen-bond donors (Lipinski definition) is 0. The normalized spacial score (nSPS) is 20.5. The standard InChI is InChI=1S/C18H21FN4O2/c1-13-11-22(17-4-5-20-23(17)12-13)18(24)14-2-3-16(15(19)10-14)21-6-8-25-9-7-21/h2-5,10,13H,6-9,11-12H2,1H3. The number of fused-ring (bicyclic) bond motifs is 1. The molecule has 3 heterocycles. The maximum Gasteiger partial charge on any atom is 0.259 e. The summed E-state index contributed by atoms with van der Waals surface area (Å²) in [5, 5.41) is 4.26. The van der Waals surface area contributed by atoms with E-state index in [4.69, 9.17) is 4.74 Å². The van der Waals surface area contributed by atoms with Gasteiger partial charge in [-0.3, -0.25) is 9.69 Å². The lowest BCUT2D eigenvalue weighted by atomic mass is 10.1. The number of hydrogen-bond acceptors (Lipinski definition) is 4. The molecule has 1 saturated heterocycles. The van der Waals surface area contributed by atoms with Crippen molar-refractivity contribution in [2.45, 2.75) is 13.5 Å². The van der Waals surface area contributed by atoms with Gasteiger partial charge in [0.25, 0.3) is 5.91 Å². The maximum absolute atomic E-state index is 14.6. The van der Waals surface area contributed by atoms with E-state index in [0.717, 1.165) is 12.4 Å². The molecule has 25 heavy (non-hydrogen) atoms. The van der Waals surface area contributed by atoms with Crippen LogP contribution in [0.4, 0.5) is 15.9 Å². The summed E-state index contributed by atoms with van der Waals surface area (Å²) in [4.78, 5) is 16.6. The molecule has 2 aliphatic heterocycles. The summed E-state index contributed by atoms with van der Waals surface area (Å²) in [5.74, 6) is 0.502. The molecule has 0 aliphatic carbocycles. The third-order valence-electron chi connectivity index (χ3n) is 4.74. The van der Waals surface area contributed by atoms with Gasteiger partial charge in [0.1, 0.15) is 11.6 Å². The van der Waals surface area contributed by atoms with Gasteiger partial charge >= 0.3 is 0 Å². The summed E-state index contributed by atoms with van der Waals surface area (Å²) >= 11 is 0. The Hall–Kier alpha value is -2.41. The zero-order valence-corrected chi connectivity index (χ0v) is 14.2. The largest absolute Gasteiger partial charge is 0.378 e. The van der Waals surface area contributed by atoms with E-state index in [1.54, 1.807) is 23.2 Å². The van der Waals surface area contributed by atoms with Gasteiger partial charge < -0.3 is 9.64 Å². The molecule has 0 saturated carbocycles. The number of amides is 1. The van der Waals surface area contributed by atoms with Crippen LogP contribution >= 0.6 is 0 Å². The van der Waals surface area contributed by atoms with Gasteiger partial charge in [0.15, 0.2) is 0 Å². The molecule has 2 aliphatic rings. The fourth-order valence-electron chi connectivity index (χ4n) is 3.50. The van der Waals surface area contributed by atoms with Crippen molar-refractivity contribution in [3.8, 4) is 0 Å². The lowest BCUT2D eigenvalue weighted by molar-refractivity contribution is 0.0974. The molecule has 4 rings (SSSR count). The molecule has 1 amide bonds. The van der Waals surface area contributed by atoms with Crippen molar-refractivity contribution < 1.29 is 13.9 Å². The highest BCUT2D eigenvalue weighted by atomic mass is 19.1. The van der Waals surface area contributed by atoms with Crippen molar-refractivity contribution in [3.05, 3.63) is 41.8 Å². The van der Waals surface area contributed by atoms with Crippen LogP contribution in [0.3, 0.4) is 0 Å².